The fourth-order valence-electron chi connectivity index (χ4n) is 3.60. The van der Waals surface area contributed by atoms with E-state index < -0.39 is 6.36 Å². The Bertz CT molecular complexity index is 991. The lowest BCUT2D eigenvalue weighted by molar-refractivity contribution is -0.274. The number of aromatic nitrogens is 2. The van der Waals surface area contributed by atoms with Gasteiger partial charge in [-0.15, -0.1) is 13.2 Å². The summed E-state index contributed by atoms with van der Waals surface area (Å²) < 4.78 is 40.8. The van der Waals surface area contributed by atoms with Gasteiger partial charge in [0.2, 0.25) is 5.95 Å². The monoisotopic (exact) mass is 400 g/mol. The maximum Gasteiger partial charge on any atom is 0.573 e. The molecule has 8 heteroatoms. The van der Waals surface area contributed by atoms with Crippen molar-refractivity contribution in [1.29, 1.82) is 0 Å². The van der Waals surface area contributed by atoms with Gasteiger partial charge in [-0.05, 0) is 42.7 Å². The summed E-state index contributed by atoms with van der Waals surface area (Å²) in [6.45, 7) is 0. The van der Waals surface area contributed by atoms with Crippen molar-refractivity contribution in [3.8, 4) is 5.75 Å². The van der Waals surface area contributed by atoms with Crippen molar-refractivity contribution in [2.24, 2.45) is 0 Å². The van der Waals surface area contributed by atoms with Crippen LogP contribution in [0.3, 0.4) is 0 Å². The summed E-state index contributed by atoms with van der Waals surface area (Å²) >= 11 is 0. The lowest BCUT2D eigenvalue weighted by Crippen LogP contribution is -2.17. The van der Waals surface area contributed by atoms with Crippen LogP contribution < -0.4 is 15.4 Å². The van der Waals surface area contributed by atoms with E-state index in [1.165, 1.54) is 29.8 Å². The molecule has 0 fully saturated rings. The number of nitrogens with zero attached hydrogens (tertiary/aromatic N) is 2. The lowest BCUT2D eigenvalue weighted by atomic mass is 9.97. The predicted octanol–water partition coefficient (Wildman–Crippen LogP) is 5.24. The molecule has 3 aromatic rings. The van der Waals surface area contributed by atoms with Gasteiger partial charge in [0, 0.05) is 24.2 Å². The van der Waals surface area contributed by atoms with Crippen molar-refractivity contribution in [3.63, 3.8) is 0 Å². The number of alkyl halides is 3. The van der Waals surface area contributed by atoms with Gasteiger partial charge in [-0.1, -0.05) is 30.3 Å². The predicted molar refractivity (Wildman–Crippen MR) is 105 cm³/mol. The van der Waals surface area contributed by atoms with Crippen molar-refractivity contribution < 1.29 is 17.9 Å². The Morgan fingerprint density at radius 2 is 1.72 bits per heavy atom. The second-order valence-corrected chi connectivity index (χ2v) is 6.71. The standard InChI is InChI=1S/C21H19F3N4O/c1-25-19-17-12-11-16(13-5-3-2-4-6-13)18(17)27-20(28-19)26-14-7-9-15(10-8-14)29-21(22,23)24/h2-10,16H,11-12H2,1H3,(H2,25,26,27,28). The average molecular weight is 400 g/mol. The minimum atomic E-state index is -4.72. The fourth-order valence-corrected chi connectivity index (χ4v) is 3.60. The fraction of sp³-hybridized carbons (Fsp3) is 0.238. The van der Waals surface area contributed by atoms with Crippen molar-refractivity contribution in [2.45, 2.75) is 25.1 Å². The third kappa shape index (κ3) is 4.26. The number of rotatable bonds is 5. The Hall–Kier alpha value is -3.29. The van der Waals surface area contributed by atoms with Crippen LogP contribution in [0.4, 0.5) is 30.6 Å². The molecule has 4 rings (SSSR count). The van der Waals surface area contributed by atoms with Crippen LogP contribution in [0.1, 0.15) is 29.2 Å². The van der Waals surface area contributed by atoms with Crippen LogP contribution in [0.25, 0.3) is 0 Å². The first-order chi connectivity index (χ1) is 13.9. The molecule has 0 bridgehead atoms. The number of benzene rings is 2. The van der Waals surface area contributed by atoms with Crippen molar-refractivity contribution in [3.05, 3.63) is 71.4 Å². The van der Waals surface area contributed by atoms with Crippen LogP contribution in [0, 0.1) is 0 Å². The summed E-state index contributed by atoms with van der Waals surface area (Å²) in [7, 11) is 1.81. The summed E-state index contributed by atoms with van der Waals surface area (Å²) in [5, 5.41) is 6.20. The van der Waals surface area contributed by atoms with E-state index >= 15 is 0 Å². The molecule has 0 saturated heterocycles. The number of fused-ring (bicyclic) bond motifs is 1. The third-order valence-corrected chi connectivity index (χ3v) is 4.83. The molecule has 150 valence electrons. The molecule has 0 saturated carbocycles. The zero-order valence-electron chi connectivity index (χ0n) is 15.6. The smallest absolute Gasteiger partial charge is 0.406 e. The first-order valence-electron chi connectivity index (χ1n) is 9.19. The summed E-state index contributed by atoms with van der Waals surface area (Å²) in [5.74, 6) is 1.05. The van der Waals surface area contributed by atoms with Crippen LogP contribution in [0.15, 0.2) is 54.6 Å². The second-order valence-electron chi connectivity index (χ2n) is 6.71. The molecule has 5 nitrogen and oxygen atoms in total. The summed E-state index contributed by atoms with van der Waals surface area (Å²) in [5.41, 5.74) is 3.83. The maximum absolute atomic E-state index is 12.3. The van der Waals surface area contributed by atoms with Gasteiger partial charge in [-0.2, -0.15) is 4.98 Å². The van der Waals surface area contributed by atoms with Crippen LogP contribution >= 0.6 is 0 Å². The van der Waals surface area contributed by atoms with Gasteiger partial charge in [-0.25, -0.2) is 4.98 Å². The van der Waals surface area contributed by atoms with Gasteiger partial charge >= 0.3 is 6.36 Å². The van der Waals surface area contributed by atoms with E-state index in [0.717, 1.165) is 29.9 Å². The van der Waals surface area contributed by atoms with Crippen LogP contribution in [0.2, 0.25) is 0 Å². The van der Waals surface area contributed by atoms with Gasteiger partial charge in [0.15, 0.2) is 0 Å². The van der Waals surface area contributed by atoms with Gasteiger partial charge < -0.3 is 15.4 Å². The summed E-state index contributed by atoms with van der Waals surface area (Å²) in [4.78, 5) is 9.25. The molecule has 2 N–H and O–H groups in total. The van der Waals surface area contributed by atoms with Gasteiger partial charge in [-0.3, -0.25) is 0 Å². The number of hydrogen-bond acceptors (Lipinski definition) is 5. The SMILES string of the molecule is CNc1nc(Nc2ccc(OC(F)(F)F)cc2)nc2c1CCC2c1ccccc1. The molecule has 1 aliphatic carbocycles. The molecule has 0 spiro atoms. The normalized spacial score (nSPS) is 15.7. The largest absolute Gasteiger partial charge is 0.573 e. The van der Waals surface area contributed by atoms with E-state index in [-0.39, 0.29) is 11.7 Å². The molecular formula is C21H19F3N4O. The first-order valence-corrected chi connectivity index (χ1v) is 9.19. The quantitative estimate of drug-likeness (QED) is 0.614. The van der Waals surface area contributed by atoms with E-state index in [1.54, 1.807) is 0 Å². The molecule has 0 amide bonds. The second kappa shape index (κ2) is 7.62. The van der Waals surface area contributed by atoms with E-state index in [9.17, 15) is 13.2 Å². The summed E-state index contributed by atoms with van der Waals surface area (Å²) in [6.07, 6.45) is -2.88. The third-order valence-electron chi connectivity index (χ3n) is 4.83. The minimum absolute atomic E-state index is 0.185. The molecule has 1 heterocycles. The molecule has 29 heavy (non-hydrogen) atoms. The number of ether oxygens (including phenoxy) is 1. The number of hydrogen-bond donors (Lipinski definition) is 2. The van der Waals surface area contributed by atoms with Crippen molar-refractivity contribution in [1.82, 2.24) is 9.97 Å². The highest BCUT2D eigenvalue weighted by atomic mass is 19.4. The van der Waals surface area contributed by atoms with E-state index in [0.29, 0.717) is 11.6 Å². The molecular weight excluding hydrogens is 381 g/mol. The molecule has 1 unspecified atom stereocenters. The highest BCUT2D eigenvalue weighted by Crippen LogP contribution is 2.40. The van der Waals surface area contributed by atoms with Gasteiger partial charge in [0.25, 0.3) is 0 Å². The molecule has 0 aliphatic heterocycles. The minimum Gasteiger partial charge on any atom is -0.406 e. The number of halogens is 3. The van der Waals surface area contributed by atoms with Crippen LogP contribution in [-0.4, -0.2) is 23.4 Å². The topological polar surface area (TPSA) is 59.1 Å². The average Bonchev–Trinajstić information content (AvgIpc) is 3.12. The van der Waals surface area contributed by atoms with E-state index in [2.05, 4.69) is 32.5 Å². The maximum atomic E-state index is 12.3. The highest BCUT2D eigenvalue weighted by Gasteiger charge is 2.31. The van der Waals surface area contributed by atoms with Crippen molar-refractivity contribution in [2.75, 3.05) is 17.7 Å². The highest BCUT2D eigenvalue weighted by molar-refractivity contribution is 5.60. The van der Waals surface area contributed by atoms with Gasteiger partial charge in [0.05, 0.1) is 5.69 Å². The van der Waals surface area contributed by atoms with Gasteiger partial charge in [0.1, 0.15) is 11.6 Å². The molecule has 1 atom stereocenters. The van der Waals surface area contributed by atoms with Crippen LogP contribution in [-0.2, 0) is 6.42 Å². The molecule has 1 aliphatic rings. The number of anilines is 3. The van der Waals surface area contributed by atoms with Crippen molar-refractivity contribution >= 4 is 17.5 Å². The summed E-state index contributed by atoms with van der Waals surface area (Å²) in [6, 6.07) is 15.7. The Morgan fingerprint density at radius 3 is 2.38 bits per heavy atom. The Labute approximate surface area is 166 Å². The Balaban J connectivity index is 1.61. The zero-order chi connectivity index (χ0) is 20.4. The first kappa shape index (κ1) is 19.0. The lowest BCUT2D eigenvalue weighted by Gasteiger charge is -2.15. The van der Waals surface area contributed by atoms with Crippen LogP contribution in [0.5, 0.6) is 5.75 Å². The molecule has 1 aromatic heterocycles. The Morgan fingerprint density at radius 1 is 1.00 bits per heavy atom. The molecule has 2 aromatic carbocycles. The number of nitrogens with one attached hydrogen (secondary N) is 2. The zero-order valence-corrected chi connectivity index (χ0v) is 15.6. The van der Waals surface area contributed by atoms with E-state index in [1.807, 2.05) is 25.2 Å². The molecule has 0 radical (unpaired) electrons. The Kier molecular flexibility index (Phi) is 5.00. The van der Waals surface area contributed by atoms with E-state index in [4.69, 9.17) is 4.98 Å².